The third kappa shape index (κ3) is 4.71. The van der Waals surface area contributed by atoms with Gasteiger partial charge in [0.2, 0.25) is 0 Å². The number of aliphatic imine (C=N–C) groups is 1. The van der Waals surface area contributed by atoms with Crippen molar-refractivity contribution in [3.05, 3.63) is 94.0 Å². The van der Waals surface area contributed by atoms with Gasteiger partial charge in [0.25, 0.3) is 0 Å². The molecule has 2 nitrogen and oxygen atoms in total. The van der Waals surface area contributed by atoms with Crippen molar-refractivity contribution in [1.29, 1.82) is 0 Å². The van der Waals surface area contributed by atoms with Crippen molar-refractivity contribution < 1.29 is 4.74 Å². The molecular formula is C22H20ClNO. The number of halogens is 1. The minimum Gasteiger partial charge on any atom is -0.488 e. The predicted octanol–water partition coefficient (Wildman–Crippen LogP) is 6.29. The van der Waals surface area contributed by atoms with Crippen molar-refractivity contribution in [2.75, 3.05) is 0 Å². The molecule has 3 heteroatoms. The molecule has 25 heavy (non-hydrogen) atoms. The zero-order valence-electron chi connectivity index (χ0n) is 14.4. The fraction of sp³-hybridized carbons (Fsp3) is 0.136. The van der Waals surface area contributed by atoms with Gasteiger partial charge in [-0.3, -0.25) is 4.99 Å². The van der Waals surface area contributed by atoms with Crippen molar-refractivity contribution in [3.8, 4) is 5.75 Å². The van der Waals surface area contributed by atoms with E-state index in [4.69, 9.17) is 16.3 Å². The summed E-state index contributed by atoms with van der Waals surface area (Å²) < 4.78 is 5.96. The summed E-state index contributed by atoms with van der Waals surface area (Å²) in [6.45, 7) is 4.68. The van der Waals surface area contributed by atoms with E-state index < -0.39 is 0 Å². The van der Waals surface area contributed by atoms with Crippen LogP contribution in [0.15, 0.2) is 71.7 Å². The van der Waals surface area contributed by atoms with Crippen LogP contribution < -0.4 is 4.74 Å². The van der Waals surface area contributed by atoms with Gasteiger partial charge in [-0.15, -0.1) is 0 Å². The Bertz CT molecular complexity index is 888. The molecule has 0 aromatic heterocycles. The quantitative estimate of drug-likeness (QED) is 0.496. The number of nitrogens with zero attached hydrogens (tertiary/aromatic N) is 1. The molecule has 0 fully saturated rings. The largest absolute Gasteiger partial charge is 0.488 e. The van der Waals surface area contributed by atoms with Gasteiger partial charge in [0, 0.05) is 16.8 Å². The number of benzene rings is 3. The van der Waals surface area contributed by atoms with Gasteiger partial charge in [-0.2, -0.15) is 0 Å². The molecule has 0 aliphatic carbocycles. The van der Waals surface area contributed by atoms with E-state index in [0.29, 0.717) is 11.6 Å². The molecule has 0 unspecified atom stereocenters. The molecule has 0 amide bonds. The topological polar surface area (TPSA) is 21.6 Å². The molecule has 3 rings (SSSR count). The average Bonchev–Trinajstić information content (AvgIpc) is 2.63. The van der Waals surface area contributed by atoms with Crippen LogP contribution in [-0.2, 0) is 6.61 Å². The third-order valence-electron chi connectivity index (χ3n) is 4.05. The normalized spacial score (nSPS) is 11.0. The molecular weight excluding hydrogens is 330 g/mol. The molecule has 0 spiro atoms. The molecule has 0 aliphatic heterocycles. The molecule has 0 saturated heterocycles. The lowest BCUT2D eigenvalue weighted by molar-refractivity contribution is 0.306. The molecule has 3 aromatic carbocycles. The van der Waals surface area contributed by atoms with Crippen molar-refractivity contribution in [2.24, 2.45) is 4.99 Å². The molecule has 0 aliphatic rings. The number of hydrogen-bond donors (Lipinski definition) is 0. The van der Waals surface area contributed by atoms with Crippen molar-refractivity contribution in [1.82, 2.24) is 0 Å². The highest BCUT2D eigenvalue weighted by Crippen LogP contribution is 2.24. The van der Waals surface area contributed by atoms with Gasteiger partial charge in [-0.25, -0.2) is 0 Å². The first kappa shape index (κ1) is 17.2. The molecule has 126 valence electrons. The lowest BCUT2D eigenvalue weighted by Gasteiger charge is -2.09. The van der Waals surface area contributed by atoms with Crippen LogP contribution in [0.25, 0.3) is 0 Å². The van der Waals surface area contributed by atoms with Crippen LogP contribution in [0.2, 0.25) is 5.02 Å². The molecule has 0 bridgehead atoms. The van der Waals surface area contributed by atoms with Crippen LogP contribution in [0.3, 0.4) is 0 Å². The maximum absolute atomic E-state index is 6.14. The maximum Gasteiger partial charge on any atom is 0.128 e. The van der Waals surface area contributed by atoms with Crippen LogP contribution in [0, 0.1) is 13.8 Å². The number of hydrogen-bond acceptors (Lipinski definition) is 2. The van der Waals surface area contributed by atoms with Gasteiger partial charge in [0.1, 0.15) is 12.4 Å². The summed E-state index contributed by atoms with van der Waals surface area (Å²) in [4.78, 5) is 4.57. The van der Waals surface area contributed by atoms with Gasteiger partial charge < -0.3 is 4.74 Å². The molecule has 0 N–H and O–H groups in total. The van der Waals surface area contributed by atoms with Crippen LogP contribution in [0.5, 0.6) is 5.75 Å². The van der Waals surface area contributed by atoms with E-state index in [2.05, 4.69) is 31.0 Å². The fourth-order valence-corrected chi connectivity index (χ4v) is 2.62. The highest BCUT2D eigenvalue weighted by molar-refractivity contribution is 6.30. The molecule has 0 heterocycles. The number of ether oxygens (including phenoxy) is 1. The minimum absolute atomic E-state index is 0.507. The van der Waals surface area contributed by atoms with E-state index in [9.17, 15) is 0 Å². The Morgan fingerprint density at radius 1 is 0.920 bits per heavy atom. The second-order valence-electron chi connectivity index (χ2n) is 5.98. The van der Waals surface area contributed by atoms with E-state index in [1.54, 1.807) is 6.21 Å². The Balaban J connectivity index is 1.81. The van der Waals surface area contributed by atoms with E-state index in [-0.39, 0.29) is 0 Å². The zero-order chi connectivity index (χ0) is 17.6. The van der Waals surface area contributed by atoms with Crippen LogP contribution in [-0.4, -0.2) is 6.21 Å². The second kappa shape index (κ2) is 8.00. The molecule has 0 atom stereocenters. The first-order valence-corrected chi connectivity index (χ1v) is 8.57. The van der Waals surface area contributed by atoms with Crippen molar-refractivity contribution in [2.45, 2.75) is 20.5 Å². The Morgan fingerprint density at radius 2 is 1.72 bits per heavy atom. The van der Waals surface area contributed by atoms with Crippen LogP contribution >= 0.6 is 11.6 Å². The zero-order valence-corrected chi connectivity index (χ0v) is 15.1. The van der Waals surface area contributed by atoms with E-state index >= 15 is 0 Å². The monoisotopic (exact) mass is 349 g/mol. The third-order valence-corrected chi connectivity index (χ3v) is 4.29. The van der Waals surface area contributed by atoms with E-state index in [1.807, 2.05) is 54.6 Å². The summed E-state index contributed by atoms with van der Waals surface area (Å²) in [6, 6.07) is 21.8. The molecule has 0 saturated carbocycles. The smallest absolute Gasteiger partial charge is 0.128 e. The van der Waals surface area contributed by atoms with Crippen LogP contribution in [0.4, 0.5) is 5.69 Å². The lowest BCUT2D eigenvalue weighted by atomic mass is 10.1. The summed E-state index contributed by atoms with van der Waals surface area (Å²) >= 11 is 6.14. The van der Waals surface area contributed by atoms with E-state index in [1.165, 1.54) is 11.1 Å². The Hall–Kier alpha value is -2.58. The Labute approximate surface area is 153 Å². The predicted molar refractivity (Wildman–Crippen MR) is 105 cm³/mol. The van der Waals surface area contributed by atoms with Crippen molar-refractivity contribution in [3.63, 3.8) is 0 Å². The highest BCUT2D eigenvalue weighted by Gasteiger charge is 2.04. The Kier molecular flexibility index (Phi) is 5.52. The first-order chi connectivity index (χ1) is 12.1. The number of rotatable bonds is 5. The summed E-state index contributed by atoms with van der Waals surface area (Å²) in [5.74, 6) is 0.765. The highest BCUT2D eigenvalue weighted by atomic mass is 35.5. The second-order valence-corrected chi connectivity index (χ2v) is 6.42. The molecule has 0 radical (unpaired) electrons. The van der Waals surface area contributed by atoms with Crippen LogP contribution in [0.1, 0.15) is 22.3 Å². The SMILES string of the molecule is Cc1ccc(N=Cc2cc(Cl)ccc2OCc2ccccc2)cc1C. The molecule has 3 aromatic rings. The number of aryl methyl sites for hydroxylation is 2. The van der Waals surface area contributed by atoms with Gasteiger partial charge in [0.05, 0.1) is 5.69 Å². The van der Waals surface area contributed by atoms with Gasteiger partial charge >= 0.3 is 0 Å². The first-order valence-electron chi connectivity index (χ1n) is 8.19. The van der Waals surface area contributed by atoms with Gasteiger partial charge in [-0.1, -0.05) is 48.0 Å². The standard InChI is InChI=1S/C22H20ClNO/c1-16-8-10-21(12-17(16)2)24-14-19-13-20(23)9-11-22(19)25-15-18-6-4-3-5-7-18/h3-14H,15H2,1-2H3. The fourth-order valence-electron chi connectivity index (χ4n) is 2.44. The minimum atomic E-state index is 0.507. The maximum atomic E-state index is 6.14. The summed E-state index contributed by atoms with van der Waals surface area (Å²) in [6.07, 6.45) is 1.80. The summed E-state index contributed by atoms with van der Waals surface area (Å²) in [5, 5.41) is 0.661. The lowest BCUT2D eigenvalue weighted by Crippen LogP contribution is -1.98. The van der Waals surface area contributed by atoms with E-state index in [0.717, 1.165) is 22.6 Å². The Morgan fingerprint density at radius 3 is 2.48 bits per heavy atom. The van der Waals surface area contributed by atoms with Crippen molar-refractivity contribution >= 4 is 23.5 Å². The van der Waals surface area contributed by atoms with Gasteiger partial charge in [0.15, 0.2) is 0 Å². The van der Waals surface area contributed by atoms with Gasteiger partial charge in [-0.05, 0) is 60.9 Å². The average molecular weight is 350 g/mol. The summed E-state index contributed by atoms with van der Waals surface area (Å²) in [5.41, 5.74) is 5.38. The summed E-state index contributed by atoms with van der Waals surface area (Å²) in [7, 11) is 0.